The van der Waals surface area contributed by atoms with Gasteiger partial charge in [0.15, 0.2) is 0 Å². The Morgan fingerprint density at radius 2 is 2.00 bits per heavy atom. The summed E-state index contributed by atoms with van der Waals surface area (Å²) in [6.07, 6.45) is 0.343. The molecule has 1 amide bonds. The van der Waals surface area contributed by atoms with Crippen LogP contribution in [0.5, 0.6) is 0 Å². The molecule has 0 fully saturated rings. The maximum atomic E-state index is 12.7. The molecule has 0 saturated heterocycles. The molecular formula is C12H16FNO2. The van der Waals surface area contributed by atoms with Crippen LogP contribution in [0.1, 0.15) is 24.8 Å². The van der Waals surface area contributed by atoms with Gasteiger partial charge in [0, 0.05) is 13.5 Å². The molecule has 0 aliphatic rings. The maximum Gasteiger partial charge on any atom is 0.246 e. The van der Waals surface area contributed by atoms with Crippen LogP contribution < -0.4 is 0 Å². The Kier molecular flexibility index (Phi) is 4.43. The van der Waals surface area contributed by atoms with Crippen molar-refractivity contribution in [3.8, 4) is 0 Å². The summed E-state index contributed by atoms with van der Waals surface area (Å²) in [6.45, 7) is 1.93. The molecule has 0 radical (unpaired) electrons. The highest BCUT2D eigenvalue weighted by atomic mass is 19.1. The average Bonchev–Trinajstić information content (AvgIpc) is 2.28. The van der Waals surface area contributed by atoms with E-state index in [0.29, 0.717) is 6.42 Å². The minimum absolute atomic E-state index is 0.0469. The van der Waals surface area contributed by atoms with Crippen molar-refractivity contribution in [3.63, 3.8) is 0 Å². The van der Waals surface area contributed by atoms with Crippen LogP contribution in [-0.4, -0.2) is 25.1 Å². The van der Waals surface area contributed by atoms with Gasteiger partial charge < -0.3 is 0 Å². The van der Waals surface area contributed by atoms with E-state index in [1.54, 1.807) is 19.2 Å². The van der Waals surface area contributed by atoms with Crippen LogP contribution in [0.2, 0.25) is 0 Å². The number of benzene rings is 1. The second-order valence-electron chi connectivity index (χ2n) is 3.73. The fourth-order valence-electron chi connectivity index (χ4n) is 1.40. The molecule has 0 aromatic heterocycles. The summed E-state index contributed by atoms with van der Waals surface area (Å²) in [5, 5.41) is 1.19. The van der Waals surface area contributed by atoms with E-state index in [9.17, 15) is 9.18 Å². The monoisotopic (exact) mass is 225 g/mol. The summed E-state index contributed by atoms with van der Waals surface area (Å²) in [5.74, 6) is -0.318. The molecule has 1 aromatic carbocycles. The number of nitrogens with zero attached hydrogens (tertiary/aromatic N) is 1. The smallest absolute Gasteiger partial charge is 0.246 e. The van der Waals surface area contributed by atoms with Crippen LogP contribution in [0.4, 0.5) is 4.39 Å². The lowest BCUT2D eigenvalue weighted by atomic mass is 9.97. The highest BCUT2D eigenvalue weighted by molar-refractivity contribution is 5.75. The van der Waals surface area contributed by atoms with Crippen LogP contribution in [0, 0.1) is 5.82 Å². The van der Waals surface area contributed by atoms with Gasteiger partial charge in [0.05, 0.1) is 7.11 Å². The summed E-state index contributed by atoms with van der Waals surface area (Å²) in [4.78, 5) is 16.3. The van der Waals surface area contributed by atoms with Gasteiger partial charge in [-0.25, -0.2) is 9.45 Å². The summed E-state index contributed by atoms with van der Waals surface area (Å²) in [6, 6.07) is 6.19. The highest BCUT2D eigenvalue weighted by Crippen LogP contribution is 2.19. The van der Waals surface area contributed by atoms with E-state index < -0.39 is 0 Å². The van der Waals surface area contributed by atoms with Gasteiger partial charge in [-0.1, -0.05) is 19.1 Å². The largest absolute Gasteiger partial charge is 0.275 e. The molecule has 1 atom stereocenters. The Bertz CT molecular complexity index is 351. The molecule has 0 N–H and O–H groups in total. The van der Waals surface area contributed by atoms with Crippen molar-refractivity contribution in [1.82, 2.24) is 5.06 Å². The van der Waals surface area contributed by atoms with Gasteiger partial charge in [0.1, 0.15) is 5.82 Å². The van der Waals surface area contributed by atoms with Crippen LogP contribution in [-0.2, 0) is 9.63 Å². The van der Waals surface area contributed by atoms with Gasteiger partial charge in [-0.2, -0.15) is 0 Å². The fourth-order valence-corrected chi connectivity index (χ4v) is 1.40. The van der Waals surface area contributed by atoms with Gasteiger partial charge in [-0.3, -0.25) is 9.63 Å². The number of rotatable bonds is 4. The third-order valence-corrected chi connectivity index (χ3v) is 2.54. The number of halogens is 1. The summed E-state index contributed by atoms with van der Waals surface area (Å²) >= 11 is 0. The molecule has 0 heterocycles. The van der Waals surface area contributed by atoms with Gasteiger partial charge in [0.25, 0.3) is 0 Å². The van der Waals surface area contributed by atoms with E-state index in [1.807, 2.05) is 6.92 Å². The first-order chi connectivity index (χ1) is 7.54. The predicted molar refractivity (Wildman–Crippen MR) is 59.2 cm³/mol. The molecule has 1 rings (SSSR count). The van der Waals surface area contributed by atoms with Crippen molar-refractivity contribution >= 4 is 5.91 Å². The number of hydroxylamine groups is 2. The van der Waals surface area contributed by atoms with Crippen LogP contribution in [0.15, 0.2) is 24.3 Å². The summed E-state index contributed by atoms with van der Waals surface area (Å²) < 4.78 is 12.7. The quantitative estimate of drug-likeness (QED) is 0.736. The third-order valence-electron chi connectivity index (χ3n) is 2.54. The first kappa shape index (κ1) is 12.6. The molecule has 4 heteroatoms. The predicted octanol–water partition coefficient (Wildman–Crippen LogP) is 2.34. The first-order valence-electron chi connectivity index (χ1n) is 5.10. The fraction of sp³-hybridized carbons (Fsp3) is 0.417. The van der Waals surface area contributed by atoms with Crippen molar-refractivity contribution < 1.29 is 14.0 Å². The lowest BCUT2D eigenvalue weighted by molar-refractivity contribution is -0.169. The average molecular weight is 225 g/mol. The Morgan fingerprint density at radius 3 is 2.50 bits per heavy atom. The number of carbonyl (C=O) groups is 1. The van der Waals surface area contributed by atoms with Crippen molar-refractivity contribution in [3.05, 3.63) is 35.6 Å². The van der Waals surface area contributed by atoms with Crippen molar-refractivity contribution in [2.24, 2.45) is 0 Å². The molecule has 1 unspecified atom stereocenters. The van der Waals surface area contributed by atoms with Gasteiger partial charge >= 0.3 is 0 Å². The molecule has 16 heavy (non-hydrogen) atoms. The van der Waals surface area contributed by atoms with Crippen molar-refractivity contribution in [2.75, 3.05) is 14.2 Å². The zero-order valence-electron chi connectivity index (χ0n) is 9.74. The highest BCUT2D eigenvalue weighted by Gasteiger charge is 2.14. The van der Waals surface area contributed by atoms with Gasteiger partial charge in [-0.05, 0) is 23.6 Å². The molecule has 0 aliphatic heterocycles. The van der Waals surface area contributed by atoms with Gasteiger partial charge in [-0.15, -0.1) is 0 Å². The maximum absolute atomic E-state index is 12.7. The number of hydrogen-bond acceptors (Lipinski definition) is 2. The van der Waals surface area contributed by atoms with Crippen LogP contribution in [0.3, 0.4) is 0 Å². The normalized spacial score (nSPS) is 12.2. The number of amides is 1. The van der Waals surface area contributed by atoms with E-state index >= 15 is 0 Å². The minimum atomic E-state index is -0.267. The Hall–Kier alpha value is -1.42. The molecule has 0 aliphatic carbocycles. The van der Waals surface area contributed by atoms with Gasteiger partial charge in [0.2, 0.25) is 5.91 Å². The second-order valence-corrected chi connectivity index (χ2v) is 3.73. The standard InChI is InChI=1S/C12H16FNO2/c1-9(8-12(15)14(2)16-3)10-4-6-11(13)7-5-10/h4-7,9H,8H2,1-3H3. The number of hydrogen-bond donors (Lipinski definition) is 0. The van der Waals surface area contributed by atoms with E-state index in [1.165, 1.54) is 24.3 Å². The van der Waals surface area contributed by atoms with Crippen molar-refractivity contribution in [2.45, 2.75) is 19.3 Å². The topological polar surface area (TPSA) is 29.5 Å². The molecule has 3 nitrogen and oxygen atoms in total. The lowest BCUT2D eigenvalue weighted by Gasteiger charge is -2.17. The zero-order chi connectivity index (χ0) is 12.1. The lowest BCUT2D eigenvalue weighted by Crippen LogP contribution is -2.26. The Balaban J connectivity index is 2.62. The van der Waals surface area contributed by atoms with E-state index in [4.69, 9.17) is 4.84 Å². The Morgan fingerprint density at radius 1 is 1.44 bits per heavy atom. The van der Waals surface area contributed by atoms with E-state index in [-0.39, 0.29) is 17.6 Å². The summed E-state index contributed by atoms with van der Waals surface area (Å²) in [5.41, 5.74) is 0.944. The van der Waals surface area contributed by atoms with Crippen LogP contribution >= 0.6 is 0 Å². The summed E-state index contributed by atoms with van der Waals surface area (Å²) in [7, 11) is 3.01. The van der Waals surface area contributed by atoms with E-state index in [2.05, 4.69) is 0 Å². The molecular weight excluding hydrogens is 209 g/mol. The molecule has 0 saturated carbocycles. The Labute approximate surface area is 94.8 Å². The first-order valence-corrected chi connectivity index (χ1v) is 5.10. The molecule has 1 aromatic rings. The SMILES string of the molecule is CON(C)C(=O)CC(C)c1ccc(F)cc1. The molecule has 88 valence electrons. The van der Waals surface area contributed by atoms with Crippen LogP contribution in [0.25, 0.3) is 0 Å². The molecule has 0 bridgehead atoms. The number of carbonyl (C=O) groups excluding carboxylic acids is 1. The van der Waals surface area contributed by atoms with Crippen molar-refractivity contribution in [1.29, 1.82) is 0 Å². The molecule has 0 spiro atoms. The zero-order valence-corrected chi connectivity index (χ0v) is 9.74. The second kappa shape index (κ2) is 5.61. The minimum Gasteiger partial charge on any atom is -0.275 e. The van der Waals surface area contributed by atoms with E-state index in [0.717, 1.165) is 5.56 Å². The third kappa shape index (κ3) is 3.31.